The van der Waals surface area contributed by atoms with E-state index in [9.17, 15) is 9.59 Å². The Morgan fingerprint density at radius 1 is 0.385 bits per heavy atom. The maximum Gasteiger partial charge on any atom is 0.198 e. The molecule has 0 atom stereocenters. The van der Waals surface area contributed by atoms with E-state index in [1.165, 1.54) is 0 Å². The number of rotatable bonds is 2. The van der Waals surface area contributed by atoms with Gasteiger partial charge in [-0.1, -0.05) is 84.9 Å². The fraction of sp³-hybridized carbons (Fsp3) is 0. The number of Topliss-reactive ketones (excluding diaryl/α,β-unsaturated/α-hetero) is 2. The van der Waals surface area contributed by atoms with Crippen molar-refractivity contribution in [1.82, 2.24) is 0 Å². The second-order valence-electron chi connectivity index (χ2n) is 6.44. The van der Waals surface area contributed by atoms with Crippen LogP contribution in [0.4, 0.5) is 0 Å². The van der Waals surface area contributed by atoms with E-state index in [2.05, 4.69) is 0 Å². The highest BCUT2D eigenvalue weighted by Crippen LogP contribution is 2.55. The molecule has 0 radical (unpaired) electrons. The molecule has 0 heterocycles. The maximum absolute atomic E-state index is 12.9. The zero-order valence-electron chi connectivity index (χ0n) is 13.9. The van der Waals surface area contributed by atoms with E-state index in [0.29, 0.717) is 16.7 Å². The quantitative estimate of drug-likeness (QED) is 0.489. The third-order valence-electron chi connectivity index (χ3n) is 4.93. The summed E-state index contributed by atoms with van der Waals surface area (Å²) in [4.78, 5) is 25.9. The Morgan fingerprint density at radius 3 is 1.19 bits per heavy atom. The highest BCUT2D eigenvalue weighted by Gasteiger charge is 2.43. The van der Waals surface area contributed by atoms with E-state index in [1.54, 1.807) is 24.3 Å². The number of hydrogen-bond donors (Lipinski definition) is 0. The van der Waals surface area contributed by atoms with Crippen LogP contribution in [-0.2, 0) is 0 Å². The summed E-state index contributed by atoms with van der Waals surface area (Å²) in [5.41, 5.74) is 6.19. The second-order valence-corrected chi connectivity index (χ2v) is 6.44. The fourth-order valence-electron chi connectivity index (χ4n) is 3.70. The number of carbonyl (C=O) groups excluding carboxylic acids is 2. The van der Waals surface area contributed by atoms with Gasteiger partial charge in [0.05, 0.1) is 5.57 Å². The number of allylic oxidation sites excluding steroid dienone is 4. The second kappa shape index (κ2) is 5.50. The fourth-order valence-corrected chi connectivity index (χ4v) is 3.70. The van der Waals surface area contributed by atoms with Crippen LogP contribution in [0, 0.1) is 0 Å². The molecule has 0 fully saturated rings. The molecule has 0 aliphatic heterocycles. The van der Waals surface area contributed by atoms with Gasteiger partial charge in [-0.25, -0.2) is 0 Å². The van der Waals surface area contributed by atoms with Gasteiger partial charge >= 0.3 is 0 Å². The van der Waals surface area contributed by atoms with Crippen LogP contribution in [0.15, 0.2) is 96.1 Å². The molecule has 3 aromatic carbocycles. The summed E-state index contributed by atoms with van der Waals surface area (Å²) in [5, 5.41) is 0. The molecule has 2 nitrogen and oxygen atoms in total. The zero-order valence-corrected chi connectivity index (χ0v) is 13.9. The number of hydrogen-bond acceptors (Lipinski definition) is 2. The van der Waals surface area contributed by atoms with Gasteiger partial charge in [-0.2, -0.15) is 0 Å². The minimum Gasteiger partial charge on any atom is -0.288 e. The largest absolute Gasteiger partial charge is 0.288 e. The van der Waals surface area contributed by atoms with Crippen LogP contribution in [-0.4, -0.2) is 11.6 Å². The minimum atomic E-state index is -0.167. The lowest BCUT2D eigenvalue weighted by Gasteiger charge is -1.96. The highest BCUT2D eigenvalue weighted by molar-refractivity contribution is 6.45. The topological polar surface area (TPSA) is 34.1 Å². The molecular formula is C24H14O2. The molecular weight excluding hydrogens is 320 g/mol. The summed E-state index contributed by atoms with van der Waals surface area (Å²) in [6.45, 7) is 0. The first-order valence-electron chi connectivity index (χ1n) is 8.56. The van der Waals surface area contributed by atoms with E-state index in [0.717, 1.165) is 27.8 Å². The normalized spacial score (nSPS) is 15.5. The summed E-state index contributed by atoms with van der Waals surface area (Å²) in [7, 11) is 0. The average molecular weight is 334 g/mol. The molecule has 0 amide bonds. The van der Waals surface area contributed by atoms with Gasteiger partial charge in [0.2, 0.25) is 0 Å². The van der Waals surface area contributed by atoms with Gasteiger partial charge in [-0.05, 0) is 22.3 Å². The zero-order chi connectivity index (χ0) is 17.7. The molecule has 3 aromatic rings. The third kappa shape index (κ3) is 2.06. The van der Waals surface area contributed by atoms with Crippen molar-refractivity contribution in [2.75, 3.05) is 0 Å². The van der Waals surface area contributed by atoms with E-state index in [4.69, 9.17) is 0 Å². The van der Waals surface area contributed by atoms with Crippen LogP contribution in [0.1, 0.15) is 31.8 Å². The molecule has 0 aromatic heterocycles. The SMILES string of the molecule is O=C1C(=C2C(c3ccccc3)=C2c2ccccc2)C(=O)c2ccccc21. The summed E-state index contributed by atoms with van der Waals surface area (Å²) < 4.78 is 0. The van der Waals surface area contributed by atoms with Gasteiger partial charge in [-0.15, -0.1) is 0 Å². The van der Waals surface area contributed by atoms with Crippen LogP contribution in [0.25, 0.3) is 11.1 Å². The van der Waals surface area contributed by atoms with Crippen molar-refractivity contribution in [3.05, 3.63) is 118 Å². The summed E-state index contributed by atoms with van der Waals surface area (Å²) in [5.74, 6) is -0.333. The molecule has 2 heteroatoms. The predicted octanol–water partition coefficient (Wildman–Crippen LogP) is 4.99. The Labute approximate surface area is 151 Å². The Morgan fingerprint density at radius 2 is 0.769 bits per heavy atom. The molecule has 0 N–H and O–H groups in total. The molecule has 122 valence electrons. The van der Waals surface area contributed by atoms with Crippen LogP contribution in [0.5, 0.6) is 0 Å². The Balaban J connectivity index is 1.72. The molecule has 5 rings (SSSR count). The predicted molar refractivity (Wildman–Crippen MR) is 102 cm³/mol. The molecule has 2 aliphatic rings. The van der Waals surface area contributed by atoms with Crippen molar-refractivity contribution in [1.29, 1.82) is 0 Å². The standard InChI is InChI=1S/C24H14O2/c25-23-17-13-7-8-14-18(17)24(26)22(23)21-19(15-9-3-1-4-10-15)20(21)16-11-5-2-6-12-16/h1-14H. The van der Waals surface area contributed by atoms with Crippen molar-refractivity contribution in [2.45, 2.75) is 0 Å². The lowest BCUT2D eigenvalue weighted by molar-refractivity contribution is 0.0988. The number of ketones is 2. The van der Waals surface area contributed by atoms with Gasteiger partial charge in [0.15, 0.2) is 11.6 Å². The minimum absolute atomic E-state index is 0.167. The molecule has 0 saturated heterocycles. The van der Waals surface area contributed by atoms with Crippen LogP contribution < -0.4 is 0 Å². The summed E-state index contributed by atoms with van der Waals surface area (Å²) in [6.07, 6.45) is 0. The van der Waals surface area contributed by atoms with Gasteiger partial charge in [0, 0.05) is 16.7 Å². The Bertz CT molecular complexity index is 1040. The van der Waals surface area contributed by atoms with Gasteiger partial charge in [-0.3, -0.25) is 9.59 Å². The highest BCUT2D eigenvalue weighted by atomic mass is 16.2. The average Bonchev–Trinajstić information content (AvgIpc) is 3.38. The first kappa shape index (κ1) is 14.8. The van der Waals surface area contributed by atoms with Crippen molar-refractivity contribution in [3.63, 3.8) is 0 Å². The number of benzene rings is 3. The molecule has 0 unspecified atom stereocenters. The Hall–Kier alpha value is -3.52. The molecule has 2 aliphatic carbocycles. The van der Waals surface area contributed by atoms with Crippen LogP contribution in [0.3, 0.4) is 0 Å². The van der Waals surface area contributed by atoms with E-state index in [-0.39, 0.29) is 11.6 Å². The molecule has 0 bridgehead atoms. The number of carbonyl (C=O) groups is 2. The molecule has 0 spiro atoms. The Kier molecular flexibility index (Phi) is 3.13. The molecule has 26 heavy (non-hydrogen) atoms. The first-order chi connectivity index (χ1) is 12.8. The van der Waals surface area contributed by atoms with Gasteiger partial charge < -0.3 is 0 Å². The smallest absolute Gasteiger partial charge is 0.198 e. The van der Waals surface area contributed by atoms with E-state index in [1.807, 2.05) is 60.7 Å². The van der Waals surface area contributed by atoms with E-state index < -0.39 is 0 Å². The van der Waals surface area contributed by atoms with Crippen molar-refractivity contribution in [3.8, 4) is 0 Å². The van der Waals surface area contributed by atoms with Crippen molar-refractivity contribution < 1.29 is 9.59 Å². The number of fused-ring (bicyclic) bond motifs is 1. The van der Waals surface area contributed by atoms with Gasteiger partial charge in [0.25, 0.3) is 0 Å². The maximum atomic E-state index is 12.9. The summed E-state index contributed by atoms with van der Waals surface area (Å²) >= 11 is 0. The molecule has 0 saturated carbocycles. The van der Waals surface area contributed by atoms with Crippen molar-refractivity contribution in [2.24, 2.45) is 0 Å². The van der Waals surface area contributed by atoms with Crippen LogP contribution >= 0.6 is 0 Å². The summed E-state index contributed by atoms with van der Waals surface area (Å²) in [6, 6.07) is 26.9. The lowest BCUT2D eigenvalue weighted by Crippen LogP contribution is -2.01. The third-order valence-corrected chi connectivity index (χ3v) is 4.93. The van der Waals surface area contributed by atoms with E-state index >= 15 is 0 Å². The monoisotopic (exact) mass is 334 g/mol. The van der Waals surface area contributed by atoms with Crippen molar-refractivity contribution >= 4 is 22.7 Å². The first-order valence-corrected chi connectivity index (χ1v) is 8.56. The van der Waals surface area contributed by atoms with Gasteiger partial charge in [0.1, 0.15) is 0 Å². The lowest BCUT2D eigenvalue weighted by atomic mass is 10.0. The van der Waals surface area contributed by atoms with Crippen LogP contribution in [0.2, 0.25) is 0 Å².